The summed E-state index contributed by atoms with van der Waals surface area (Å²) < 4.78 is 0. The molecule has 0 unspecified atom stereocenters. The normalized spacial score (nSPS) is 12.4. The molecule has 0 fully saturated rings. The summed E-state index contributed by atoms with van der Waals surface area (Å²) in [5, 5.41) is 8.78. The zero-order valence-corrected chi connectivity index (χ0v) is 11.1. The van der Waals surface area contributed by atoms with E-state index < -0.39 is 0 Å². The lowest BCUT2D eigenvalue weighted by atomic mass is 10.1. The number of aromatic nitrogens is 3. The van der Waals surface area contributed by atoms with Gasteiger partial charge in [0.15, 0.2) is 0 Å². The number of nitrogens with zero attached hydrogens (tertiary/aromatic N) is 5. The minimum atomic E-state index is 0.518. The number of hydrogen-bond acceptors (Lipinski definition) is 4. The second-order valence-electron chi connectivity index (χ2n) is 4.62. The summed E-state index contributed by atoms with van der Waals surface area (Å²) in [5.41, 5.74) is 2.91. The summed E-state index contributed by atoms with van der Waals surface area (Å²) in [6.45, 7) is 0. The van der Waals surface area contributed by atoms with Crippen LogP contribution < -0.4 is 0 Å². The van der Waals surface area contributed by atoms with Crippen molar-refractivity contribution in [1.82, 2.24) is 15.0 Å². The Morgan fingerprint density at radius 3 is 1.71 bits per heavy atom. The molecule has 0 N–H and O–H groups in total. The van der Waals surface area contributed by atoms with Gasteiger partial charge in [-0.2, -0.15) is 0 Å². The third-order valence-electron chi connectivity index (χ3n) is 3.21. The van der Waals surface area contributed by atoms with Crippen LogP contribution in [0.2, 0.25) is 0 Å². The van der Waals surface area contributed by atoms with Crippen molar-refractivity contribution < 1.29 is 0 Å². The fraction of sp³-hybridized carbons (Fsp3) is 0. The van der Waals surface area contributed by atoms with Crippen LogP contribution in [0.5, 0.6) is 0 Å². The maximum Gasteiger partial charge on any atom is 0.221 e. The first-order chi connectivity index (χ1) is 10.4. The topological polar surface area (TPSA) is 55.4 Å². The molecule has 5 nitrogen and oxygen atoms in total. The Kier molecular flexibility index (Phi) is 2.67. The van der Waals surface area contributed by atoms with Crippen LogP contribution in [0.25, 0.3) is 5.69 Å². The predicted octanol–water partition coefficient (Wildman–Crippen LogP) is 3.08. The smallest absolute Gasteiger partial charge is 0.221 e. The Morgan fingerprint density at radius 2 is 1.14 bits per heavy atom. The van der Waals surface area contributed by atoms with Gasteiger partial charge in [-0.25, -0.2) is 9.98 Å². The Morgan fingerprint density at radius 1 is 0.619 bits per heavy atom. The van der Waals surface area contributed by atoms with Gasteiger partial charge < -0.3 is 0 Å². The molecule has 0 bridgehead atoms. The van der Waals surface area contributed by atoms with E-state index in [0.717, 1.165) is 16.8 Å². The number of aliphatic imine (C=N–C) groups is 2. The van der Waals surface area contributed by atoms with Gasteiger partial charge in [0.1, 0.15) is 0 Å². The summed E-state index contributed by atoms with van der Waals surface area (Å²) in [6.07, 6.45) is 3.59. The van der Waals surface area contributed by atoms with Gasteiger partial charge in [-0.15, -0.1) is 15.0 Å². The maximum atomic E-state index is 4.40. The highest BCUT2D eigenvalue weighted by molar-refractivity contribution is 5.97. The molecule has 1 aliphatic heterocycles. The van der Waals surface area contributed by atoms with Crippen molar-refractivity contribution >= 4 is 24.1 Å². The monoisotopic (exact) mass is 273 g/mol. The molecule has 0 amide bonds. The molecular weight excluding hydrogens is 262 g/mol. The van der Waals surface area contributed by atoms with E-state index in [9.17, 15) is 0 Å². The standard InChI is InChI=1S/C16H11N5/c1-2-8-14(9-3-1)21-19-15-16(20-21)18-11-13-7-5-4-6-12(13)10-17-15/h1-11H. The summed E-state index contributed by atoms with van der Waals surface area (Å²) >= 11 is 0. The molecule has 5 heteroatoms. The molecular formula is C16H11N5. The summed E-state index contributed by atoms with van der Waals surface area (Å²) in [5.74, 6) is 1.04. The van der Waals surface area contributed by atoms with Gasteiger partial charge in [0.2, 0.25) is 11.6 Å². The third-order valence-corrected chi connectivity index (χ3v) is 3.21. The first kappa shape index (κ1) is 11.7. The van der Waals surface area contributed by atoms with Crippen molar-refractivity contribution in [2.75, 3.05) is 0 Å². The number of benzene rings is 2. The van der Waals surface area contributed by atoms with Gasteiger partial charge in [-0.3, -0.25) is 0 Å². The molecule has 21 heavy (non-hydrogen) atoms. The van der Waals surface area contributed by atoms with Crippen molar-refractivity contribution in [3.63, 3.8) is 0 Å². The van der Waals surface area contributed by atoms with E-state index in [1.807, 2.05) is 54.6 Å². The van der Waals surface area contributed by atoms with E-state index in [2.05, 4.69) is 20.2 Å². The average molecular weight is 273 g/mol. The van der Waals surface area contributed by atoms with Gasteiger partial charge in [-0.1, -0.05) is 42.5 Å². The minimum absolute atomic E-state index is 0.518. The van der Waals surface area contributed by atoms with Crippen LogP contribution in [-0.2, 0) is 0 Å². The number of hydrogen-bond donors (Lipinski definition) is 0. The molecule has 2 aromatic carbocycles. The van der Waals surface area contributed by atoms with Gasteiger partial charge >= 0.3 is 0 Å². The SMILES string of the molecule is C1=Nc2nn(-c3ccccc3)nc2N=Cc2ccccc21. The van der Waals surface area contributed by atoms with E-state index in [0.29, 0.717) is 11.6 Å². The van der Waals surface area contributed by atoms with E-state index >= 15 is 0 Å². The molecule has 3 aromatic rings. The van der Waals surface area contributed by atoms with Gasteiger partial charge in [0.25, 0.3) is 0 Å². The molecule has 0 aliphatic carbocycles. The van der Waals surface area contributed by atoms with Crippen molar-refractivity contribution in [3.8, 4) is 5.69 Å². The Balaban J connectivity index is 1.81. The van der Waals surface area contributed by atoms with E-state index in [1.54, 1.807) is 17.2 Å². The molecule has 2 heterocycles. The third kappa shape index (κ3) is 2.14. The Labute approximate surface area is 121 Å². The largest absolute Gasteiger partial charge is 0.232 e. The van der Waals surface area contributed by atoms with E-state index in [-0.39, 0.29) is 0 Å². The predicted molar refractivity (Wildman–Crippen MR) is 82.3 cm³/mol. The van der Waals surface area contributed by atoms with Gasteiger partial charge in [0, 0.05) is 23.6 Å². The lowest BCUT2D eigenvalue weighted by Crippen LogP contribution is -1.97. The second-order valence-corrected chi connectivity index (χ2v) is 4.62. The molecule has 0 radical (unpaired) electrons. The maximum absolute atomic E-state index is 4.40. The van der Waals surface area contributed by atoms with Crippen LogP contribution in [0.1, 0.15) is 11.1 Å². The minimum Gasteiger partial charge on any atom is -0.232 e. The number of para-hydroxylation sites is 1. The molecule has 1 aromatic heterocycles. The van der Waals surface area contributed by atoms with Crippen LogP contribution in [-0.4, -0.2) is 27.4 Å². The lowest BCUT2D eigenvalue weighted by molar-refractivity contribution is 0.754. The van der Waals surface area contributed by atoms with Crippen LogP contribution >= 0.6 is 0 Å². The highest BCUT2D eigenvalue weighted by Crippen LogP contribution is 2.25. The van der Waals surface area contributed by atoms with Crippen LogP contribution in [0, 0.1) is 0 Å². The highest BCUT2D eigenvalue weighted by atomic mass is 15.5. The first-order valence-electron chi connectivity index (χ1n) is 6.60. The summed E-state index contributed by atoms with van der Waals surface area (Å²) in [6, 6.07) is 17.7. The molecule has 4 rings (SSSR count). The van der Waals surface area contributed by atoms with E-state index in [4.69, 9.17) is 0 Å². The first-order valence-corrected chi connectivity index (χ1v) is 6.60. The second kappa shape index (κ2) is 4.79. The summed E-state index contributed by atoms with van der Waals surface area (Å²) in [7, 11) is 0. The van der Waals surface area contributed by atoms with Crippen molar-refractivity contribution in [2.45, 2.75) is 0 Å². The van der Waals surface area contributed by atoms with Crippen LogP contribution in [0.3, 0.4) is 0 Å². The Bertz CT molecular complexity index is 796. The van der Waals surface area contributed by atoms with Crippen molar-refractivity contribution in [3.05, 3.63) is 65.7 Å². The van der Waals surface area contributed by atoms with Crippen molar-refractivity contribution in [1.29, 1.82) is 0 Å². The quantitative estimate of drug-likeness (QED) is 0.535. The highest BCUT2D eigenvalue weighted by Gasteiger charge is 2.12. The molecule has 1 aliphatic rings. The number of rotatable bonds is 1. The fourth-order valence-electron chi connectivity index (χ4n) is 2.14. The Hall–Kier alpha value is -3.08. The molecule has 0 saturated carbocycles. The van der Waals surface area contributed by atoms with E-state index in [1.165, 1.54) is 0 Å². The zero-order valence-electron chi connectivity index (χ0n) is 11.1. The number of fused-ring (bicyclic) bond motifs is 2. The fourth-order valence-corrected chi connectivity index (χ4v) is 2.14. The molecule has 0 saturated heterocycles. The van der Waals surface area contributed by atoms with Crippen LogP contribution in [0.4, 0.5) is 11.6 Å². The molecule has 0 spiro atoms. The summed E-state index contributed by atoms with van der Waals surface area (Å²) in [4.78, 5) is 10.4. The zero-order chi connectivity index (χ0) is 14.1. The average Bonchev–Trinajstić information content (AvgIpc) is 2.93. The van der Waals surface area contributed by atoms with Gasteiger partial charge in [-0.05, 0) is 12.1 Å². The lowest BCUT2D eigenvalue weighted by Gasteiger charge is -2.00. The molecule has 0 atom stereocenters. The molecule has 100 valence electrons. The van der Waals surface area contributed by atoms with Gasteiger partial charge in [0.05, 0.1) is 5.69 Å². The van der Waals surface area contributed by atoms with Crippen LogP contribution in [0.15, 0.2) is 64.6 Å². The van der Waals surface area contributed by atoms with Crippen molar-refractivity contribution in [2.24, 2.45) is 9.98 Å².